The molecule has 82 valence electrons. The van der Waals surface area contributed by atoms with Crippen LogP contribution in [0.3, 0.4) is 0 Å². The highest BCUT2D eigenvalue weighted by atomic mass is 16.5. The lowest BCUT2D eigenvalue weighted by Crippen LogP contribution is -2.43. The SMILES string of the molecule is CN(CC1CCCO1)CC(N)C(=O)O. The summed E-state index contributed by atoms with van der Waals surface area (Å²) in [6, 6.07) is -0.804. The Morgan fingerprint density at radius 3 is 3.00 bits per heavy atom. The Labute approximate surface area is 83.8 Å². The summed E-state index contributed by atoms with van der Waals surface area (Å²) in [7, 11) is 1.87. The highest BCUT2D eigenvalue weighted by Gasteiger charge is 2.20. The normalized spacial score (nSPS) is 24.1. The van der Waals surface area contributed by atoms with E-state index in [2.05, 4.69) is 0 Å². The van der Waals surface area contributed by atoms with E-state index >= 15 is 0 Å². The van der Waals surface area contributed by atoms with Crippen molar-refractivity contribution in [3.63, 3.8) is 0 Å². The van der Waals surface area contributed by atoms with Gasteiger partial charge in [0.2, 0.25) is 0 Å². The van der Waals surface area contributed by atoms with Crippen molar-refractivity contribution in [2.45, 2.75) is 25.0 Å². The average Bonchev–Trinajstić information content (AvgIpc) is 2.56. The van der Waals surface area contributed by atoms with Gasteiger partial charge in [-0.1, -0.05) is 0 Å². The van der Waals surface area contributed by atoms with E-state index in [0.29, 0.717) is 6.54 Å². The molecule has 2 unspecified atom stereocenters. The molecule has 0 bridgehead atoms. The van der Waals surface area contributed by atoms with Gasteiger partial charge in [0.25, 0.3) is 0 Å². The van der Waals surface area contributed by atoms with Crippen molar-refractivity contribution >= 4 is 5.97 Å². The van der Waals surface area contributed by atoms with Crippen LogP contribution in [-0.2, 0) is 9.53 Å². The number of nitrogens with zero attached hydrogens (tertiary/aromatic N) is 1. The van der Waals surface area contributed by atoms with E-state index in [-0.39, 0.29) is 6.10 Å². The van der Waals surface area contributed by atoms with Gasteiger partial charge in [-0.3, -0.25) is 4.79 Å². The Morgan fingerprint density at radius 2 is 2.50 bits per heavy atom. The quantitative estimate of drug-likeness (QED) is 0.629. The van der Waals surface area contributed by atoms with E-state index in [1.807, 2.05) is 11.9 Å². The number of hydrogen-bond acceptors (Lipinski definition) is 4. The van der Waals surface area contributed by atoms with Gasteiger partial charge in [-0.25, -0.2) is 0 Å². The largest absolute Gasteiger partial charge is 0.480 e. The fourth-order valence-corrected chi connectivity index (χ4v) is 1.62. The van der Waals surface area contributed by atoms with E-state index in [1.54, 1.807) is 0 Å². The predicted molar refractivity (Wildman–Crippen MR) is 52.1 cm³/mol. The van der Waals surface area contributed by atoms with Crippen LogP contribution < -0.4 is 5.73 Å². The van der Waals surface area contributed by atoms with Gasteiger partial charge in [0.05, 0.1) is 6.10 Å². The Bertz CT molecular complexity index is 192. The molecule has 1 aliphatic heterocycles. The molecule has 1 fully saturated rings. The van der Waals surface area contributed by atoms with E-state index in [1.165, 1.54) is 0 Å². The number of hydrogen-bond donors (Lipinski definition) is 2. The molecular formula is C9H18N2O3. The number of nitrogens with two attached hydrogens (primary N) is 1. The molecule has 1 heterocycles. The lowest BCUT2D eigenvalue weighted by molar-refractivity contribution is -0.139. The fourth-order valence-electron chi connectivity index (χ4n) is 1.62. The molecule has 2 atom stereocenters. The molecule has 0 aromatic heterocycles. The molecule has 0 amide bonds. The van der Waals surface area contributed by atoms with E-state index in [9.17, 15) is 4.79 Å². The minimum Gasteiger partial charge on any atom is -0.480 e. The summed E-state index contributed by atoms with van der Waals surface area (Å²) in [6.45, 7) is 1.96. The van der Waals surface area contributed by atoms with Crippen molar-refractivity contribution in [3.8, 4) is 0 Å². The lowest BCUT2D eigenvalue weighted by Gasteiger charge is -2.21. The number of likely N-dealkylation sites (N-methyl/N-ethyl adjacent to an activating group) is 1. The number of carbonyl (C=O) groups is 1. The van der Waals surface area contributed by atoms with Crippen molar-refractivity contribution in [3.05, 3.63) is 0 Å². The maximum atomic E-state index is 10.5. The summed E-state index contributed by atoms with van der Waals surface area (Å²) < 4.78 is 5.44. The number of carboxylic acids is 1. The second kappa shape index (κ2) is 5.29. The van der Waals surface area contributed by atoms with E-state index < -0.39 is 12.0 Å². The Morgan fingerprint density at radius 1 is 1.79 bits per heavy atom. The van der Waals surface area contributed by atoms with Gasteiger partial charge in [0.15, 0.2) is 0 Å². The third-order valence-corrected chi connectivity index (χ3v) is 2.36. The first kappa shape index (κ1) is 11.4. The summed E-state index contributed by atoms with van der Waals surface area (Å²) in [5, 5.41) is 8.61. The number of ether oxygens (including phenoxy) is 1. The van der Waals surface area contributed by atoms with Gasteiger partial charge in [-0.2, -0.15) is 0 Å². The van der Waals surface area contributed by atoms with Crippen LogP contribution in [0.5, 0.6) is 0 Å². The predicted octanol–water partition coefficient (Wildman–Crippen LogP) is -0.491. The number of carboxylic acid groups (broad SMARTS) is 1. The highest BCUT2D eigenvalue weighted by Crippen LogP contribution is 2.12. The van der Waals surface area contributed by atoms with Crippen LogP contribution in [0.2, 0.25) is 0 Å². The van der Waals surface area contributed by atoms with Crippen LogP contribution >= 0.6 is 0 Å². The van der Waals surface area contributed by atoms with Crippen molar-refractivity contribution in [1.82, 2.24) is 4.90 Å². The fraction of sp³-hybridized carbons (Fsp3) is 0.889. The van der Waals surface area contributed by atoms with Crippen LogP contribution in [0.25, 0.3) is 0 Å². The molecule has 0 aliphatic carbocycles. The van der Waals surface area contributed by atoms with Gasteiger partial charge in [-0.15, -0.1) is 0 Å². The Hall–Kier alpha value is -0.650. The molecule has 0 spiro atoms. The van der Waals surface area contributed by atoms with Crippen LogP contribution in [0.1, 0.15) is 12.8 Å². The molecular weight excluding hydrogens is 184 g/mol. The minimum absolute atomic E-state index is 0.251. The van der Waals surface area contributed by atoms with Gasteiger partial charge in [-0.05, 0) is 19.9 Å². The summed E-state index contributed by atoms with van der Waals surface area (Å²) in [5.74, 6) is -0.954. The third-order valence-electron chi connectivity index (χ3n) is 2.36. The second-order valence-electron chi connectivity index (χ2n) is 3.80. The summed E-state index contributed by atoms with van der Waals surface area (Å²) in [6.07, 6.45) is 2.41. The average molecular weight is 202 g/mol. The molecule has 14 heavy (non-hydrogen) atoms. The molecule has 1 rings (SSSR count). The van der Waals surface area contributed by atoms with Crippen LogP contribution in [0, 0.1) is 0 Å². The van der Waals surface area contributed by atoms with Crippen molar-refractivity contribution in [2.24, 2.45) is 5.73 Å². The topological polar surface area (TPSA) is 75.8 Å². The molecule has 0 radical (unpaired) electrons. The molecule has 0 saturated carbocycles. The number of aliphatic carboxylic acids is 1. The Balaban J connectivity index is 2.20. The van der Waals surface area contributed by atoms with Gasteiger partial charge in [0, 0.05) is 19.7 Å². The molecule has 0 aromatic carbocycles. The summed E-state index contributed by atoms with van der Waals surface area (Å²) >= 11 is 0. The monoisotopic (exact) mass is 202 g/mol. The van der Waals surface area contributed by atoms with Crippen LogP contribution in [0.15, 0.2) is 0 Å². The Kier molecular flexibility index (Phi) is 4.31. The maximum Gasteiger partial charge on any atom is 0.321 e. The maximum absolute atomic E-state index is 10.5. The molecule has 3 N–H and O–H groups in total. The highest BCUT2D eigenvalue weighted by molar-refractivity contribution is 5.73. The van der Waals surface area contributed by atoms with Crippen LogP contribution in [-0.4, -0.2) is 54.9 Å². The van der Waals surface area contributed by atoms with Crippen molar-refractivity contribution < 1.29 is 14.6 Å². The van der Waals surface area contributed by atoms with Crippen LogP contribution in [0.4, 0.5) is 0 Å². The van der Waals surface area contributed by atoms with Gasteiger partial charge >= 0.3 is 5.97 Å². The molecule has 5 heteroatoms. The van der Waals surface area contributed by atoms with Gasteiger partial charge in [0.1, 0.15) is 6.04 Å². The third kappa shape index (κ3) is 3.61. The van der Waals surface area contributed by atoms with E-state index in [0.717, 1.165) is 26.0 Å². The second-order valence-corrected chi connectivity index (χ2v) is 3.80. The zero-order chi connectivity index (χ0) is 10.6. The first-order valence-corrected chi connectivity index (χ1v) is 4.88. The molecule has 1 saturated heterocycles. The summed E-state index contributed by atoms with van der Waals surface area (Å²) in [4.78, 5) is 12.4. The standard InChI is InChI=1S/C9H18N2O3/c1-11(6-8(10)9(12)13)5-7-3-2-4-14-7/h7-8H,2-6,10H2,1H3,(H,12,13). The molecule has 5 nitrogen and oxygen atoms in total. The van der Waals surface area contributed by atoms with E-state index in [4.69, 9.17) is 15.6 Å². The minimum atomic E-state index is -0.954. The van der Waals surface area contributed by atoms with Gasteiger partial charge < -0.3 is 20.5 Å². The first-order valence-electron chi connectivity index (χ1n) is 4.88. The first-order chi connectivity index (χ1) is 6.59. The lowest BCUT2D eigenvalue weighted by atomic mass is 10.2. The zero-order valence-corrected chi connectivity index (χ0v) is 8.48. The van der Waals surface area contributed by atoms with Crippen molar-refractivity contribution in [2.75, 3.05) is 26.7 Å². The zero-order valence-electron chi connectivity index (χ0n) is 8.48. The summed E-state index contributed by atoms with van der Waals surface area (Å²) in [5.41, 5.74) is 5.41. The van der Waals surface area contributed by atoms with Crippen molar-refractivity contribution in [1.29, 1.82) is 0 Å². The number of rotatable bonds is 5. The molecule has 1 aliphatic rings. The molecule has 0 aromatic rings. The smallest absolute Gasteiger partial charge is 0.321 e.